The number of nitrogens with one attached hydrogen (secondary N) is 2. The van der Waals surface area contributed by atoms with Gasteiger partial charge < -0.3 is 0 Å². The Hall–Kier alpha value is -1.21. The third kappa shape index (κ3) is 4.03. The highest BCUT2D eigenvalue weighted by molar-refractivity contribution is 9.10. The summed E-state index contributed by atoms with van der Waals surface area (Å²) in [6.45, 7) is 6.84. The maximum atomic E-state index is 12.7. The van der Waals surface area contributed by atoms with Gasteiger partial charge in [0.1, 0.15) is 5.25 Å². The van der Waals surface area contributed by atoms with Crippen molar-refractivity contribution < 1.29 is 8.42 Å². The Labute approximate surface area is 164 Å². The summed E-state index contributed by atoms with van der Waals surface area (Å²) in [5.41, 5.74) is 3.16. The number of sulfonamides is 1. The minimum absolute atomic E-state index is 0.0765. The van der Waals surface area contributed by atoms with Crippen LogP contribution in [-0.2, 0) is 16.6 Å². The van der Waals surface area contributed by atoms with E-state index in [1.165, 1.54) is 5.56 Å². The fraction of sp³-hybridized carbons (Fsp3) is 0.400. The molecule has 3 rings (SSSR count). The first-order chi connectivity index (χ1) is 12.3. The molecule has 0 bridgehead atoms. The molecule has 140 valence electrons. The molecule has 3 atom stereocenters. The van der Waals surface area contributed by atoms with Crippen molar-refractivity contribution in [2.45, 2.75) is 44.6 Å². The van der Waals surface area contributed by atoms with E-state index in [0.717, 1.165) is 15.6 Å². The molecule has 1 fully saturated rings. The zero-order chi connectivity index (χ0) is 18.9. The Morgan fingerprint density at radius 1 is 1.12 bits per heavy atom. The van der Waals surface area contributed by atoms with E-state index in [1.807, 2.05) is 55.5 Å². The van der Waals surface area contributed by atoms with Crippen LogP contribution in [-0.4, -0.2) is 14.6 Å². The highest BCUT2D eigenvalue weighted by Crippen LogP contribution is 2.37. The van der Waals surface area contributed by atoms with Crippen LogP contribution < -0.4 is 10.0 Å². The van der Waals surface area contributed by atoms with Crippen LogP contribution in [0.15, 0.2) is 53.0 Å². The van der Waals surface area contributed by atoms with Crippen molar-refractivity contribution in [3.63, 3.8) is 0 Å². The molecule has 0 radical (unpaired) electrons. The van der Waals surface area contributed by atoms with Gasteiger partial charge in [-0.05, 0) is 28.7 Å². The molecule has 0 aromatic heterocycles. The minimum Gasteiger partial charge on any atom is -0.297 e. The Morgan fingerprint density at radius 3 is 2.38 bits per heavy atom. The molecule has 0 saturated carbocycles. The SMILES string of the molecule is CC(C)c1ccc(C2C(C)C(NCc3ccccc3Br)NS2(=O)=O)cc1. The normalized spacial score (nSPS) is 24.9. The number of hydrogen-bond acceptors (Lipinski definition) is 3. The highest BCUT2D eigenvalue weighted by atomic mass is 79.9. The summed E-state index contributed by atoms with van der Waals surface area (Å²) in [5.74, 6) is 0.353. The van der Waals surface area contributed by atoms with Gasteiger partial charge in [0, 0.05) is 16.9 Å². The second-order valence-corrected chi connectivity index (χ2v) is 9.90. The van der Waals surface area contributed by atoms with Crippen LogP contribution >= 0.6 is 15.9 Å². The first-order valence-electron chi connectivity index (χ1n) is 8.87. The summed E-state index contributed by atoms with van der Waals surface area (Å²) < 4.78 is 29.3. The van der Waals surface area contributed by atoms with E-state index in [2.05, 4.69) is 39.8 Å². The van der Waals surface area contributed by atoms with Gasteiger partial charge in [-0.2, -0.15) is 4.72 Å². The van der Waals surface area contributed by atoms with Crippen molar-refractivity contribution in [2.24, 2.45) is 5.92 Å². The third-order valence-electron chi connectivity index (χ3n) is 5.03. The maximum absolute atomic E-state index is 12.7. The minimum atomic E-state index is -3.41. The molecular weight excluding hydrogens is 412 g/mol. The van der Waals surface area contributed by atoms with E-state index in [9.17, 15) is 8.42 Å². The van der Waals surface area contributed by atoms with Crippen molar-refractivity contribution in [1.82, 2.24) is 10.0 Å². The molecule has 6 heteroatoms. The molecule has 1 heterocycles. The van der Waals surface area contributed by atoms with Crippen LogP contribution in [0, 0.1) is 5.92 Å². The monoisotopic (exact) mass is 436 g/mol. The Bertz CT molecular complexity index is 866. The van der Waals surface area contributed by atoms with Gasteiger partial charge >= 0.3 is 0 Å². The summed E-state index contributed by atoms with van der Waals surface area (Å²) >= 11 is 3.53. The third-order valence-corrected chi connectivity index (χ3v) is 7.76. The van der Waals surface area contributed by atoms with Gasteiger partial charge in [0.05, 0.1) is 6.17 Å². The first-order valence-corrected chi connectivity index (χ1v) is 11.2. The number of rotatable bonds is 5. The highest BCUT2D eigenvalue weighted by Gasteiger charge is 2.45. The van der Waals surface area contributed by atoms with Crippen LogP contribution in [0.2, 0.25) is 0 Å². The van der Waals surface area contributed by atoms with Crippen molar-refractivity contribution in [2.75, 3.05) is 0 Å². The van der Waals surface area contributed by atoms with Crippen molar-refractivity contribution in [1.29, 1.82) is 0 Å². The molecule has 2 aromatic rings. The standard InChI is InChI=1S/C20H25BrN2O2S/c1-13(2)15-8-10-16(11-9-15)19-14(3)20(23-26(19,24)25)22-12-17-6-4-5-7-18(17)21/h4-11,13-14,19-20,22-23H,12H2,1-3H3. The molecule has 0 amide bonds. The number of benzene rings is 2. The van der Waals surface area contributed by atoms with Gasteiger partial charge in [0.2, 0.25) is 10.0 Å². The predicted molar refractivity (Wildman–Crippen MR) is 109 cm³/mol. The van der Waals surface area contributed by atoms with Crippen molar-refractivity contribution in [3.8, 4) is 0 Å². The Morgan fingerprint density at radius 2 is 1.77 bits per heavy atom. The van der Waals surface area contributed by atoms with Crippen LogP contribution in [0.5, 0.6) is 0 Å². The summed E-state index contributed by atoms with van der Waals surface area (Å²) in [5, 5.41) is 2.81. The Kier molecular flexibility index (Phi) is 5.87. The summed E-state index contributed by atoms with van der Waals surface area (Å²) in [6.07, 6.45) is -0.290. The van der Waals surface area contributed by atoms with Crippen LogP contribution in [0.3, 0.4) is 0 Å². The molecule has 0 spiro atoms. The fourth-order valence-electron chi connectivity index (χ4n) is 3.46. The lowest BCUT2D eigenvalue weighted by atomic mass is 9.95. The first kappa shape index (κ1) is 19.5. The average Bonchev–Trinajstić information content (AvgIpc) is 2.83. The second-order valence-electron chi connectivity index (χ2n) is 7.21. The lowest BCUT2D eigenvalue weighted by Crippen LogP contribution is -2.41. The van der Waals surface area contributed by atoms with Crippen molar-refractivity contribution >= 4 is 26.0 Å². The van der Waals surface area contributed by atoms with E-state index in [-0.39, 0.29) is 12.1 Å². The van der Waals surface area contributed by atoms with Crippen molar-refractivity contribution in [3.05, 3.63) is 69.7 Å². The van der Waals surface area contributed by atoms with Crippen LogP contribution in [0.1, 0.15) is 48.6 Å². The van der Waals surface area contributed by atoms with Gasteiger partial charge in [-0.25, -0.2) is 8.42 Å². The largest absolute Gasteiger partial charge is 0.297 e. The van der Waals surface area contributed by atoms with E-state index >= 15 is 0 Å². The van der Waals surface area contributed by atoms with Crippen LogP contribution in [0.25, 0.3) is 0 Å². The molecule has 0 aliphatic carbocycles. The molecule has 3 unspecified atom stereocenters. The lowest BCUT2D eigenvalue weighted by molar-refractivity contribution is 0.381. The van der Waals surface area contributed by atoms with Gasteiger partial charge in [0.15, 0.2) is 0 Å². The average molecular weight is 437 g/mol. The van der Waals surface area contributed by atoms with Gasteiger partial charge in [-0.3, -0.25) is 5.32 Å². The smallest absolute Gasteiger partial charge is 0.220 e. The quantitative estimate of drug-likeness (QED) is 0.734. The molecular formula is C20H25BrN2O2S. The van der Waals surface area contributed by atoms with E-state index in [4.69, 9.17) is 0 Å². The topological polar surface area (TPSA) is 58.2 Å². The zero-order valence-corrected chi connectivity index (χ0v) is 17.6. The lowest BCUT2D eigenvalue weighted by Gasteiger charge is -2.20. The summed E-state index contributed by atoms with van der Waals surface area (Å²) in [4.78, 5) is 0. The predicted octanol–water partition coefficient (Wildman–Crippen LogP) is 4.30. The second kappa shape index (κ2) is 7.80. The molecule has 4 nitrogen and oxygen atoms in total. The summed E-state index contributed by atoms with van der Waals surface area (Å²) in [6, 6.07) is 15.9. The molecule has 2 N–H and O–H groups in total. The molecule has 1 saturated heterocycles. The molecule has 26 heavy (non-hydrogen) atoms. The van der Waals surface area contributed by atoms with E-state index in [0.29, 0.717) is 12.5 Å². The number of halogens is 1. The Balaban J connectivity index is 1.77. The molecule has 1 aliphatic rings. The molecule has 2 aromatic carbocycles. The number of hydrogen-bond donors (Lipinski definition) is 2. The van der Waals surface area contributed by atoms with Gasteiger partial charge in [-0.15, -0.1) is 0 Å². The zero-order valence-electron chi connectivity index (χ0n) is 15.2. The molecule has 1 aliphatic heterocycles. The maximum Gasteiger partial charge on any atom is 0.220 e. The van der Waals surface area contributed by atoms with E-state index in [1.54, 1.807) is 0 Å². The van der Waals surface area contributed by atoms with E-state index < -0.39 is 15.3 Å². The van der Waals surface area contributed by atoms with Gasteiger partial charge in [0.25, 0.3) is 0 Å². The fourth-order valence-corrected chi connectivity index (χ4v) is 5.92. The van der Waals surface area contributed by atoms with Gasteiger partial charge in [-0.1, -0.05) is 79.2 Å². The summed E-state index contributed by atoms with van der Waals surface area (Å²) in [7, 11) is -3.41. The van der Waals surface area contributed by atoms with Crippen LogP contribution in [0.4, 0.5) is 0 Å².